The van der Waals surface area contributed by atoms with E-state index in [1.165, 1.54) is 0 Å². The Morgan fingerprint density at radius 1 is 1.07 bits per heavy atom. The van der Waals surface area contributed by atoms with Crippen LogP contribution in [0.4, 0.5) is 0 Å². The molecular weight excluding hydrogens is 481 g/mol. The van der Waals surface area contributed by atoms with Crippen LogP contribution >= 0.6 is 35.6 Å². The topological polar surface area (TPSA) is 80.7 Å². The van der Waals surface area contributed by atoms with Crippen LogP contribution in [0, 0.1) is 0 Å². The van der Waals surface area contributed by atoms with Crippen molar-refractivity contribution in [3.8, 4) is 5.88 Å². The number of hydrogen-bond donors (Lipinski definition) is 2. The number of halogens is 2. The zero-order valence-corrected chi connectivity index (χ0v) is 18.5. The van der Waals surface area contributed by atoms with Crippen molar-refractivity contribution in [1.29, 1.82) is 0 Å². The van der Waals surface area contributed by atoms with E-state index in [1.54, 1.807) is 32.6 Å². The number of nitrogens with one attached hydrogen (secondary N) is 2. The molecule has 9 heteroatoms. The lowest BCUT2D eigenvalue weighted by Gasteiger charge is -2.12. The minimum Gasteiger partial charge on any atom is -0.475 e. The van der Waals surface area contributed by atoms with E-state index in [2.05, 4.69) is 25.6 Å². The van der Waals surface area contributed by atoms with Crippen molar-refractivity contribution < 1.29 is 9.47 Å². The molecule has 0 saturated heterocycles. The first-order valence-electron chi connectivity index (χ1n) is 8.33. The lowest BCUT2D eigenvalue weighted by Crippen LogP contribution is -2.37. The van der Waals surface area contributed by atoms with Crippen LogP contribution in [0.15, 0.2) is 41.7 Å². The quantitative estimate of drug-likeness (QED) is 0.179. The van der Waals surface area contributed by atoms with E-state index in [4.69, 9.17) is 21.1 Å². The second-order valence-electron chi connectivity index (χ2n) is 5.44. The van der Waals surface area contributed by atoms with Crippen LogP contribution in [0.3, 0.4) is 0 Å². The third kappa shape index (κ3) is 9.21. The average molecular weight is 506 g/mol. The van der Waals surface area contributed by atoms with Crippen molar-refractivity contribution in [2.75, 3.05) is 33.9 Å². The van der Waals surface area contributed by atoms with Crippen molar-refractivity contribution in [1.82, 2.24) is 20.6 Å². The summed E-state index contributed by atoms with van der Waals surface area (Å²) < 4.78 is 10.4. The van der Waals surface area contributed by atoms with Crippen LogP contribution in [0.1, 0.15) is 11.1 Å². The molecule has 0 atom stereocenters. The third-order valence-corrected chi connectivity index (χ3v) is 3.74. The molecule has 2 aromatic heterocycles. The van der Waals surface area contributed by atoms with E-state index in [9.17, 15) is 0 Å². The van der Waals surface area contributed by atoms with Gasteiger partial charge in [0.05, 0.1) is 6.61 Å². The van der Waals surface area contributed by atoms with Gasteiger partial charge in [-0.05, 0) is 23.6 Å². The average Bonchev–Trinajstić information content (AvgIpc) is 2.67. The molecule has 0 fully saturated rings. The second-order valence-corrected chi connectivity index (χ2v) is 5.82. The first kappa shape index (κ1) is 23.4. The Morgan fingerprint density at radius 2 is 1.85 bits per heavy atom. The zero-order chi connectivity index (χ0) is 18.6. The van der Waals surface area contributed by atoms with Crippen molar-refractivity contribution in [3.63, 3.8) is 0 Å². The minimum absolute atomic E-state index is 0. The predicted octanol–water partition coefficient (Wildman–Crippen LogP) is 2.68. The summed E-state index contributed by atoms with van der Waals surface area (Å²) in [5, 5.41) is 7.02. The van der Waals surface area contributed by atoms with Gasteiger partial charge in [0, 0.05) is 45.7 Å². The normalized spacial score (nSPS) is 10.9. The fraction of sp³-hybridized carbons (Fsp3) is 0.389. The maximum absolute atomic E-state index is 5.79. The summed E-state index contributed by atoms with van der Waals surface area (Å²) in [6.07, 6.45) is 4.39. The van der Waals surface area contributed by atoms with Crippen LogP contribution in [-0.2, 0) is 17.7 Å². The van der Waals surface area contributed by atoms with Gasteiger partial charge in [-0.3, -0.25) is 4.99 Å². The molecule has 0 aliphatic heterocycles. The van der Waals surface area contributed by atoms with Crippen molar-refractivity contribution in [2.24, 2.45) is 4.99 Å². The third-order valence-electron chi connectivity index (χ3n) is 3.51. The largest absolute Gasteiger partial charge is 0.475 e. The van der Waals surface area contributed by atoms with E-state index in [0.29, 0.717) is 30.8 Å². The maximum atomic E-state index is 5.79. The van der Waals surface area contributed by atoms with Crippen LogP contribution < -0.4 is 15.4 Å². The molecule has 2 N–H and O–H groups in total. The van der Waals surface area contributed by atoms with Crippen molar-refractivity contribution in [2.45, 2.75) is 13.0 Å². The van der Waals surface area contributed by atoms with E-state index in [1.807, 2.05) is 18.2 Å². The fourth-order valence-electron chi connectivity index (χ4n) is 2.12. The Hall–Kier alpha value is -1.65. The Labute approximate surface area is 182 Å². The van der Waals surface area contributed by atoms with Gasteiger partial charge in [0.15, 0.2) is 5.96 Å². The van der Waals surface area contributed by atoms with Gasteiger partial charge in [0.25, 0.3) is 0 Å². The maximum Gasteiger partial charge on any atom is 0.213 e. The van der Waals surface area contributed by atoms with Gasteiger partial charge in [0.1, 0.15) is 11.8 Å². The molecule has 0 unspecified atom stereocenters. The summed E-state index contributed by atoms with van der Waals surface area (Å²) >= 11 is 5.79. The van der Waals surface area contributed by atoms with E-state index >= 15 is 0 Å². The van der Waals surface area contributed by atoms with Crippen LogP contribution in [-0.4, -0.2) is 49.8 Å². The molecule has 7 nitrogen and oxygen atoms in total. The molecule has 0 aromatic carbocycles. The molecule has 0 spiro atoms. The summed E-state index contributed by atoms with van der Waals surface area (Å²) in [5.74, 6) is 1.32. The van der Waals surface area contributed by atoms with E-state index < -0.39 is 0 Å². The number of methoxy groups -OCH3 is 1. The summed E-state index contributed by atoms with van der Waals surface area (Å²) in [6, 6.07) is 7.57. The van der Waals surface area contributed by atoms with Crippen LogP contribution in [0.5, 0.6) is 5.88 Å². The molecule has 0 radical (unpaired) electrons. The van der Waals surface area contributed by atoms with Gasteiger partial charge in [-0.15, -0.1) is 24.0 Å². The Balaban J connectivity index is 0.00000364. The molecule has 0 aliphatic rings. The molecule has 0 bridgehead atoms. The van der Waals surface area contributed by atoms with Gasteiger partial charge in [-0.2, -0.15) is 0 Å². The number of aliphatic imine (C=N–C) groups is 1. The molecule has 0 amide bonds. The van der Waals surface area contributed by atoms with Crippen LogP contribution in [0.2, 0.25) is 5.15 Å². The molecule has 2 aromatic rings. The highest BCUT2D eigenvalue weighted by Gasteiger charge is 2.01. The Morgan fingerprint density at radius 3 is 2.48 bits per heavy atom. The van der Waals surface area contributed by atoms with Gasteiger partial charge in [-0.1, -0.05) is 23.7 Å². The van der Waals surface area contributed by atoms with Gasteiger partial charge in [-0.25, -0.2) is 9.97 Å². The lowest BCUT2D eigenvalue weighted by atomic mass is 10.2. The minimum atomic E-state index is 0. The molecule has 0 aliphatic carbocycles. The smallest absolute Gasteiger partial charge is 0.213 e. The number of ether oxygens (including phenoxy) is 2. The van der Waals surface area contributed by atoms with Gasteiger partial charge >= 0.3 is 0 Å². The van der Waals surface area contributed by atoms with Gasteiger partial charge in [0.2, 0.25) is 5.88 Å². The molecule has 148 valence electrons. The number of hydrogen-bond acceptors (Lipinski definition) is 5. The lowest BCUT2D eigenvalue weighted by molar-refractivity contribution is 0.143. The highest BCUT2D eigenvalue weighted by molar-refractivity contribution is 14.0. The molecule has 27 heavy (non-hydrogen) atoms. The summed E-state index contributed by atoms with van der Waals surface area (Å²) in [6.45, 7) is 2.39. The Bertz CT molecular complexity index is 683. The van der Waals surface area contributed by atoms with Crippen molar-refractivity contribution in [3.05, 3.63) is 52.9 Å². The highest BCUT2D eigenvalue weighted by Crippen LogP contribution is 2.07. The van der Waals surface area contributed by atoms with Crippen molar-refractivity contribution >= 4 is 41.5 Å². The molecule has 2 rings (SSSR count). The first-order valence-corrected chi connectivity index (χ1v) is 8.70. The monoisotopic (exact) mass is 505 g/mol. The SMILES string of the molecule is CN=C(NCCc1ccc(Cl)nc1)NCc1ccc(OCCOC)nc1.I. The summed E-state index contributed by atoms with van der Waals surface area (Å²) in [4.78, 5) is 12.6. The molecule has 2 heterocycles. The highest BCUT2D eigenvalue weighted by atomic mass is 127. The summed E-state index contributed by atoms with van der Waals surface area (Å²) in [5.41, 5.74) is 2.15. The van der Waals surface area contributed by atoms with Crippen LogP contribution in [0.25, 0.3) is 0 Å². The summed E-state index contributed by atoms with van der Waals surface area (Å²) in [7, 11) is 3.38. The number of rotatable bonds is 9. The van der Waals surface area contributed by atoms with E-state index in [-0.39, 0.29) is 24.0 Å². The van der Waals surface area contributed by atoms with E-state index in [0.717, 1.165) is 30.1 Å². The Kier molecular flexibility index (Phi) is 11.7. The second kappa shape index (κ2) is 13.5. The number of aromatic nitrogens is 2. The number of pyridine rings is 2. The number of nitrogens with zero attached hydrogens (tertiary/aromatic N) is 3. The van der Waals surface area contributed by atoms with Gasteiger partial charge < -0.3 is 20.1 Å². The number of guanidine groups is 1. The molecule has 0 saturated carbocycles. The molecular formula is C18H25ClIN5O2. The fourth-order valence-corrected chi connectivity index (χ4v) is 2.23. The predicted molar refractivity (Wildman–Crippen MR) is 118 cm³/mol. The first-order chi connectivity index (χ1) is 12.7. The zero-order valence-electron chi connectivity index (χ0n) is 15.4. The standard InChI is InChI=1S/C18H24ClN5O2.HI/c1-20-18(21-8-7-14-3-5-16(19)22-11-14)24-13-15-4-6-17(23-12-15)26-10-9-25-2;/h3-6,11-12H,7-10,13H2,1-2H3,(H2,20,21,24);1H.